The third-order valence-electron chi connectivity index (χ3n) is 5.43. The van der Waals surface area contributed by atoms with Gasteiger partial charge in [-0.3, -0.25) is 0 Å². The molecule has 0 amide bonds. The van der Waals surface area contributed by atoms with Gasteiger partial charge in [0.15, 0.2) is 5.65 Å². The maximum atomic E-state index is 5.82. The predicted octanol–water partition coefficient (Wildman–Crippen LogP) is 3.54. The Labute approximate surface area is 175 Å². The van der Waals surface area contributed by atoms with Gasteiger partial charge in [-0.1, -0.05) is 30.3 Å². The molecular weight excluding hydrogens is 376 g/mol. The minimum Gasteiger partial charge on any atom is -0.492 e. The Kier molecular flexibility index (Phi) is 4.93. The molecule has 7 nitrogen and oxygen atoms in total. The molecule has 30 heavy (non-hydrogen) atoms. The van der Waals surface area contributed by atoms with E-state index in [1.54, 1.807) is 6.33 Å². The Balaban J connectivity index is 1.39. The molecule has 0 unspecified atom stereocenters. The van der Waals surface area contributed by atoms with Crippen LogP contribution in [0.5, 0.6) is 5.75 Å². The summed E-state index contributed by atoms with van der Waals surface area (Å²) in [5.74, 6) is 1.89. The molecule has 1 saturated heterocycles. The second-order valence-corrected chi connectivity index (χ2v) is 7.20. The fourth-order valence-electron chi connectivity index (χ4n) is 4.00. The molecule has 1 fully saturated rings. The van der Waals surface area contributed by atoms with Crippen molar-refractivity contribution in [2.45, 2.75) is 6.92 Å². The minimum absolute atomic E-state index is 0.668. The van der Waals surface area contributed by atoms with E-state index in [0.29, 0.717) is 6.61 Å². The monoisotopic (exact) mass is 400 g/mol. The van der Waals surface area contributed by atoms with E-state index in [9.17, 15) is 0 Å². The lowest BCUT2D eigenvalue weighted by Crippen LogP contribution is -2.47. The highest BCUT2D eigenvalue weighted by molar-refractivity contribution is 5.87. The Morgan fingerprint density at radius 1 is 0.867 bits per heavy atom. The zero-order valence-electron chi connectivity index (χ0n) is 17.0. The highest BCUT2D eigenvalue weighted by Gasteiger charge is 2.23. The molecule has 152 valence electrons. The molecule has 0 atom stereocenters. The number of hydrogen-bond donors (Lipinski definition) is 0. The van der Waals surface area contributed by atoms with Crippen LogP contribution in [0.15, 0.2) is 67.1 Å². The van der Waals surface area contributed by atoms with E-state index in [2.05, 4.69) is 37.0 Å². The van der Waals surface area contributed by atoms with Crippen LogP contribution in [-0.4, -0.2) is 52.5 Å². The van der Waals surface area contributed by atoms with Crippen LogP contribution in [0.25, 0.3) is 16.7 Å². The van der Waals surface area contributed by atoms with Crippen molar-refractivity contribution in [1.82, 2.24) is 19.7 Å². The number of rotatable bonds is 5. The van der Waals surface area contributed by atoms with E-state index in [-0.39, 0.29) is 0 Å². The summed E-state index contributed by atoms with van der Waals surface area (Å²) in [6.07, 6.45) is 3.50. The van der Waals surface area contributed by atoms with Crippen molar-refractivity contribution in [3.8, 4) is 11.4 Å². The van der Waals surface area contributed by atoms with Gasteiger partial charge in [-0.2, -0.15) is 5.10 Å². The zero-order chi connectivity index (χ0) is 20.3. The summed E-state index contributed by atoms with van der Waals surface area (Å²) < 4.78 is 7.69. The van der Waals surface area contributed by atoms with Gasteiger partial charge in [0, 0.05) is 26.2 Å². The van der Waals surface area contributed by atoms with Crippen LogP contribution < -0.4 is 14.5 Å². The summed E-state index contributed by atoms with van der Waals surface area (Å²) in [6.45, 7) is 6.25. The van der Waals surface area contributed by atoms with Crippen LogP contribution in [0.2, 0.25) is 0 Å². The van der Waals surface area contributed by atoms with E-state index < -0.39 is 0 Å². The fraction of sp³-hybridized carbons (Fsp3) is 0.261. The molecule has 0 saturated carbocycles. The first-order valence-electron chi connectivity index (χ1n) is 10.3. The second-order valence-electron chi connectivity index (χ2n) is 7.20. The summed E-state index contributed by atoms with van der Waals surface area (Å²) in [5, 5.41) is 5.55. The Morgan fingerprint density at radius 3 is 2.40 bits per heavy atom. The lowest BCUT2D eigenvalue weighted by atomic mass is 10.2. The van der Waals surface area contributed by atoms with E-state index in [1.165, 1.54) is 0 Å². The van der Waals surface area contributed by atoms with Crippen molar-refractivity contribution in [2.75, 3.05) is 42.6 Å². The topological polar surface area (TPSA) is 59.3 Å². The van der Waals surface area contributed by atoms with Crippen molar-refractivity contribution in [3.63, 3.8) is 0 Å². The van der Waals surface area contributed by atoms with Gasteiger partial charge < -0.3 is 14.5 Å². The SMILES string of the molecule is CCOc1ccccc1N1CCN(c2ncnc3c2cnn3-c2ccccc2)CC1. The van der Waals surface area contributed by atoms with E-state index in [1.807, 2.05) is 60.3 Å². The van der Waals surface area contributed by atoms with Crippen LogP contribution in [0.1, 0.15) is 6.92 Å². The van der Waals surface area contributed by atoms with Crippen LogP contribution in [0, 0.1) is 0 Å². The van der Waals surface area contributed by atoms with Crippen molar-refractivity contribution < 1.29 is 4.74 Å². The molecule has 7 heteroatoms. The van der Waals surface area contributed by atoms with Gasteiger partial charge in [0.25, 0.3) is 0 Å². The predicted molar refractivity (Wildman–Crippen MR) is 119 cm³/mol. The quantitative estimate of drug-likeness (QED) is 0.511. The van der Waals surface area contributed by atoms with E-state index >= 15 is 0 Å². The van der Waals surface area contributed by atoms with Gasteiger partial charge in [0.1, 0.15) is 17.9 Å². The number of piperazine rings is 1. The summed E-state index contributed by atoms with van der Waals surface area (Å²) in [5.41, 5.74) is 2.98. The Morgan fingerprint density at radius 2 is 1.60 bits per heavy atom. The minimum atomic E-state index is 0.668. The Bertz CT molecular complexity index is 1130. The summed E-state index contributed by atoms with van der Waals surface area (Å²) in [7, 11) is 0. The normalized spacial score (nSPS) is 14.3. The Hall–Kier alpha value is -3.61. The first-order valence-corrected chi connectivity index (χ1v) is 10.3. The van der Waals surface area contributed by atoms with Crippen LogP contribution in [0.3, 0.4) is 0 Å². The number of hydrogen-bond acceptors (Lipinski definition) is 6. The number of ether oxygens (including phenoxy) is 1. The highest BCUT2D eigenvalue weighted by atomic mass is 16.5. The summed E-state index contributed by atoms with van der Waals surface area (Å²) >= 11 is 0. The lowest BCUT2D eigenvalue weighted by molar-refractivity contribution is 0.340. The number of anilines is 2. The molecule has 3 heterocycles. The van der Waals surface area contributed by atoms with Crippen LogP contribution in [-0.2, 0) is 0 Å². The molecule has 1 aliphatic rings. The molecular formula is C23H24N6O. The molecule has 0 aliphatic carbocycles. The molecule has 0 N–H and O–H groups in total. The second kappa shape index (κ2) is 8.02. The number of aromatic nitrogens is 4. The van der Waals surface area contributed by atoms with Gasteiger partial charge >= 0.3 is 0 Å². The van der Waals surface area contributed by atoms with Crippen molar-refractivity contribution in [1.29, 1.82) is 0 Å². The molecule has 0 spiro atoms. The van der Waals surface area contributed by atoms with Gasteiger partial charge in [-0.05, 0) is 31.2 Å². The maximum absolute atomic E-state index is 5.82. The first-order chi connectivity index (χ1) is 14.8. The largest absolute Gasteiger partial charge is 0.492 e. The van der Waals surface area contributed by atoms with Crippen LogP contribution in [0.4, 0.5) is 11.5 Å². The molecule has 4 aromatic rings. The standard InChI is InChI=1S/C23H24N6O/c1-2-30-21-11-7-6-10-20(21)27-12-14-28(15-13-27)22-19-16-26-29(23(19)25-17-24-22)18-8-4-3-5-9-18/h3-11,16-17H,2,12-15H2,1H3. The van der Waals surface area contributed by atoms with Crippen LogP contribution >= 0.6 is 0 Å². The third kappa shape index (κ3) is 3.32. The molecule has 2 aromatic carbocycles. The molecule has 2 aromatic heterocycles. The molecule has 1 aliphatic heterocycles. The smallest absolute Gasteiger partial charge is 0.168 e. The van der Waals surface area contributed by atoms with Crippen molar-refractivity contribution in [3.05, 3.63) is 67.1 Å². The van der Waals surface area contributed by atoms with Crippen molar-refractivity contribution >= 4 is 22.5 Å². The molecule has 0 radical (unpaired) electrons. The lowest BCUT2D eigenvalue weighted by Gasteiger charge is -2.37. The first kappa shape index (κ1) is 18.4. The molecule has 0 bridgehead atoms. The van der Waals surface area contributed by atoms with E-state index in [4.69, 9.17) is 4.74 Å². The summed E-state index contributed by atoms with van der Waals surface area (Å²) in [6, 6.07) is 18.3. The fourth-order valence-corrected chi connectivity index (χ4v) is 4.00. The van der Waals surface area contributed by atoms with E-state index in [0.717, 1.165) is 60.2 Å². The summed E-state index contributed by atoms with van der Waals surface area (Å²) in [4.78, 5) is 13.8. The average Bonchev–Trinajstić information content (AvgIpc) is 3.25. The number of nitrogens with zero attached hydrogens (tertiary/aromatic N) is 6. The van der Waals surface area contributed by atoms with Gasteiger partial charge in [0.2, 0.25) is 0 Å². The molecule has 5 rings (SSSR count). The zero-order valence-corrected chi connectivity index (χ0v) is 17.0. The number of benzene rings is 2. The maximum Gasteiger partial charge on any atom is 0.168 e. The highest BCUT2D eigenvalue weighted by Crippen LogP contribution is 2.30. The third-order valence-corrected chi connectivity index (χ3v) is 5.43. The number of fused-ring (bicyclic) bond motifs is 1. The van der Waals surface area contributed by atoms with Gasteiger partial charge in [-0.15, -0.1) is 0 Å². The average molecular weight is 400 g/mol. The number of para-hydroxylation sites is 3. The van der Waals surface area contributed by atoms with Crippen molar-refractivity contribution in [2.24, 2.45) is 0 Å². The van der Waals surface area contributed by atoms with Gasteiger partial charge in [-0.25, -0.2) is 14.6 Å². The van der Waals surface area contributed by atoms with Gasteiger partial charge in [0.05, 0.1) is 29.6 Å².